The first kappa shape index (κ1) is 34.5. The lowest BCUT2D eigenvalue weighted by molar-refractivity contribution is -0.118. The number of benzene rings is 1. The summed E-state index contributed by atoms with van der Waals surface area (Å²) in [5.41, 5.74) is 10.8. The zero-order valence-electron chi connectivity index (χ0n) is 25.7. The molecular formula is C31H43BrF3N7O. The number of amidine groups is 2. The zero-order chi connectivity index (χ0) is 31.7. The van der Waals surface area contributed by atoms with Gasteiger partial charge in [-0.3, -0.25) is 9.98 Å². The normalized spacial score (nSPS) is 17.5. The standard InChI is InChI=1S/C31H43BrF3N7O/c1-20(2)29(40-28(36)26(17-43-6)27(23-11-12-23)39-19-37-4)42(15-21(3)32)16-22-7-9-24(10-8-22)30(38-18-31(33,34)35)41(5)25-13-14-25/h7-10,19,21,23,25H,4,11-18H2,1-3,5-6H3,(H2,36,40)/b27-26+,38-30?,39-19?. The Morgan fingerprint density at radius 1 is 1.19 bits per heavy atom. The van der Waals surface area contributed by atoms with E-state index in [9.17, 15) is 13.2 Å². The van der Waals surface area contributed by atoms with E-state index in [2.05, 4.69) is 49.4 Å². The molecular weight excluding hydrogens is 623 g/mol. The van der Waals surface area contributed by atoms with Gasteiger partial charge in [0, 0.05) is 55.2 Å². The molecule has 2 aliphatic carbocycles. The van der Waals surface area contributed by atoms with Crippen LogP contribution in [0.4, 0.5) is 13.2 Å². The molecule has 12 heteroatoms. The van der Waals surface area contributed by atoms with E-state index in [-0.39, 0.29) is 23.4 Å². The Kier molecular flexibility index (Phi) is 12.6. The monoisotopic (exact) mass is 665 g/mol. The van der Waals surface area contributed by atoms with E-state index in [1.54, 1.807) is 7.11 Å². The van der Waals surface area contributed by atoms with Crippen LogP contribution in [0.5, 0.6) is 0 Å². The Hall–Kier alpha value is -2.99. The molecule has 8 nitrogen and oxygen atoms in total. The first-order valence-corrected chi connectivity index (χ1v) is 15.3. The van der Waals surface area contributed by atoms with Crippen LogP contribution in [0.2, 0.25) is 0 Å². The maximum absolute atomic E-state index is 13.0. The van der Waals surface area contributed by atoms with Crippen molar-refractivity contribution >= 4 is 40.7 Å². The van der Waals surface area contributed by atoms with E-state index in [1.807, 2.05) is 50.1 Å². The van der Waals surface area contributed by atoms with Gasteiger partial charge >= 0.3 is 6.18 Å². The highest BCUT2D eigenvalue weighted by molar-refractivity contribution is 9.09. The number of allylic oxidation sites excluding steroid dienone is 2. The third-order valence-corrected chi connectivity index (χ3v) is 7.31. The third kappa shape index (κ3) is 10.9. The third-order valence-electron chi connectivity index (χ3n) is 7.02. The molecule has 2 aliphatic rings. The van der Waals surface area contributed by atoms with Crippen molar-refractivity contribution in [3.63, 3.8) is 0 Å². The number of hydrogen-bond donors (Lipinski definition) is 1. The Bertz CT molecular complexity index is 1260. The SMILES string of the molecule is C=NC=N/C(=C(COC)/C(N)=N/C(=C(C)C)N(Cc1ccc(C(=NCC(F)(F)F)N(C)C2CC2)cc1)CC(C)Br)C1CC1. The molecule has 1 aromatic carbocycles. The van der Waals surface area contributed by atoms with Crippen LogP contribution < -0.4 is 5.73 Å². The van der Waals surface area contributed by atoms with Gasteiger partial charge in [0.2, 0.25) is 0 Å². The molecule has 2 N–H and O–H groups in total. The summed E-state index contributed by atoms with van der Waals surface area (Å²) in [5, 5.41) is 0. The van der Waals surface area contributed by atoms with Crippen LogP contribution in [-0.4, -0.2) is 85.4 Å². The first-order valence-electron chi connectivity index (χ1n) is 14.4. The molecule has 236 valence electrons. The van der Waals surface area contributed by atoms with E-state index < -0.39 is 12.7 Å². The van der Waals surface area contributed by atoms with Crippen molar-refractivity contribution in [2.75, 3.05) is 33.9 Å². The van der Waals surface area contributed by atoms with Crippen LogP contribution >= 0.6 is 15.9 Å². The molecule has 0 saturated heterocycles. The topological polar surface area (TPSA) is 91.2 Å². The van der Waals surface area contributed by atoms with Gasteiger partial charge in [-0.05, 0) is 57.4 Å². The number of nitrogens with two attached hydrogens (primary N) is 1. The van der Waals surface area contributed by atoms with Crippen molar-refractivity contribution in [2.24, 2.45) is 31.6 Å². The van der Waals surface area contributed by atoms with Crippen LogP contribution in [0.25, 0.3) is 0 Å². The van der Waals surface area contributed by atoms with Gasteiger partial charge in [0.05, 0.1) is 12.3 Å². The number of halogens is 4. The molecule has 1 unspecified atom stereocenters. The second kappa shape index (κ2) is 15.7. The molecule has 1 atom stereocenters. The minimum Gasteiger partial charge on any atom is -0.383 e. The van der Waals surface area contributed by atoms with Gasteiger partial charge in [0.1, 0.15) is 30.4 Å². The molecule has 0 heterocycles. The molecule has 2 saturated carbocycles. The molecule has 43 heavy (non-hydrogen) atoms. The fraction of sp³-hybridized carbons (Fsp3) is 0.548. The summed E-state index contributed by atoms with van der Waals surface area (Å²) in [6.45, 7) is 9.72. The highest BCUT2D eigenvalue weighted by Gasteiger charge is 2.32. The Morgan fingerprint density at radius 3 is 2.33 bits per heavy atom. The molecule has 0 amide bonds. The van der Waals surface area contributed by atoms with Crippen LogP contribution in [0.1, 0.15) is 57.6 Å². The molecule has 0 aliphatic heterocycles. The van der Waals surface area contributed by atoms with Crippen LogP contribution in [0.3, 0.4) is 0 Å². The van der Waals surface area contributed by atoms with E-state index in [0.717, 1.165) is 53.9 Å². The maximum Gasteiger partial charge on any atom is 0.408 e. The lowest BCUT2D eigenvalue weighted by Crippen LogP contribution is -2.31. The van der Waals surface area contributed by atoms with E-state index in [0.29, 0.717) is 30.3 Å². The second-order valence-electron chi connectivity index (χ2n) is 11.3. The summed E-state index contributed by atoms with van der Waals surface area (Å²) in [4.78, 5) is 21.3. The van der Waals surface area contributed by atoms with Gasteiger partial charge in [-0.15, -0.1) is 0 Å². The summed E-state index contributed by atoms with van der Waals surface area (Å²) >= 11 is 3.68. The predicted octanol–water partition coefficient (Wildman–Crippen LogP) is 6.32. The highest BCUT2D eigenvalue weighted by atomic mass is 79.9. The zero-order valence-corrected chi connectivity index (χ0v) is 27.2. The average molecular weight is 667 g/mol. The van der Waals surface area contributed by atoms with Gasteiger partial charge in [0.15, 0.2) is 0 Å². The molecule has 1 aromatic rings. The molecule has 0 aromatic heterocycles. The Morgan fingerprint density at radius 2 is 1.84 bits per heavy atom. The van der Waals surface area contributed by atoms with Gasteiger partial charge in [-0.2, -0.15) is 13.2 Å². The average Bonchev–Trinajstić information content (AvgIpc) is 3.84. The molecule has 3 rings (SSSR count). The lowest BCUT2D eigenvalue weighted by Gasteiger charge is -2.28. The summed E-state index contributed by atoms with van der Waals surface area (Å²) in [6.07, 6.45) is 0.996. The largest absolute Gasteiger partial charge is 0.408 e. The number of nitrogens with zero attached hydrogens (tertiary/aromatic N) is 6. The molecule has 2 fully saturated rings. The number of ether oxygens (including phenoxy) is 1. The fourth-order valence-electron chi connectivity index (χ4n) is 4.71. The maximum atomic E-state index is 13.0. The summed E-state index contributed by atoms with van der Waals surface area (Å²) in [5.74, 6) is 1.70. The van der Waals surface area contributed by atoms with Gasteiger partial charge in [-0.1, -0.05) is 47.1 Å². The van der Waals surface area contributed by atoms with E-state index >= 15 is 0 Å². The summed E-state index contributed by atoms with van der Waals surface area (Å²) < 4.78 is 44.5. The van der Waals surface area contributed by atoms with Crippen LogP contribution in [0.15, 0.2) is 66.9 Å². The van der Waals surface area contributed by atoms with Crippen molar-refractivity contribution in [1.29, 1.82) is 0 Å². The van der Waals surface area contributed by atoms with Crippen molar-refractivity contribution in [3.05, 3.63) is 58.1 Å². The number of alkyl halides is 4. The minimum absolute atomic E-state index is 0.144. The van der Waals surface area contributed by atoms with Crippen LogP contribution in [-0.2, 0) is 11.3 Å². The van der Waals surface area contributed by atoms with Crippen molar-refractivity contribution in [1.82, 2.24) is 9.80 Å². The fourth-order valence-corrected chi connectivity index (χ4v) is 5.06. The first-order chi connectivity index (χ1) is 20.3. The minimum atomic E-state index is -4.36. The molecule has 0 bridgehead atoms. The van der Waals surface area contributed by atoms with Gasteiger partial charge in [0.25, 0.3) is 0 Å². The van der Waals surface area contributed by atoms with Crippen LogP contribution in [0, 0.1) is 5.92 Å². The molecule has 0 spiro atoms. The Balaban J connectivity index is 1.94. The number of hydrogen-bond acceptors (Lipinski definition) is 5. The second-order valence-corrected chi connectivity index (χ2v) is 12.8. The smallest absolute Gasteiger partial charge is 0.383 e. The lowest BCUT2D eigenvalue weighted by atomic mass is 10.1. The van der Waals surface area contributed by atoms with Gasteiger partial charge in [-0.25, -0.2) is 9.98 Å². The predicted molar refractivity (Wildman–Crippen MR) is 173 cm³/mol. The van der Waals surface area contributed by atoms with Crippen molar-refractivity contribution < 1.29 is 17.9 Å². The van der Waals surface area contributed by atoms with Crippen molar-refractivity contribution in [2.45, 2.75) is 70.0 Å². The van der Waals surface area contributed by atoms with E-state index in [1.165, 1.54) is 6.34 Å². The van der Waals surface area contributed by atoms with Crippen molar-refractivity contribution in [3.8, 4) is 0 Å². The summed E-state index contributed by atoms with van der Waals surface area (Å²) in [7, 11) is 3.42. The molecule has 0 radical (unpaired) electrons. The van der Waals surface area contributed by atoms with Gasteiger partial charge < -0.3 is 20.3 Å². The number of rotatable bonds is 15. The quantitative estimate of drug-likeness (QED) is 0.135. The summed E-state index contributed by atoms with van der Waals surface area (Å²) in [6, 6.07) is 7.76. The van der Waals surface area contributed by atoms with E-state index in [4.69, 9.17) is 15.5 Å². The Labute approximate surface area is 261 Å². The number of aliphatic imine (C=N–C) groups is 4. The number of methoxy groups -OCH3 is 1. The highest BCUT2D eigenvalue weighted by Crippen LogP contribution is 2.39.